The van der Waals surface area contributed by atoms with Gasteiger partial charge in [-0.1, -0.05) is 24.3 Å². The average Bonchev–Trinajstić information content (AvgIpc) is 3.00. The number of nitrogens with zero attached hydrogens (tertiary/aromatic N) is 3. The fourth-order valence-corrected chi connectivity index (χ4v) is 5.73. The first-order valence-electron chi connectivity index (χ1n) is 10.6. The molecule has 30 heavy (non-hydrogen) atoms. The normalized spacial score (nSPS) is 21.3. The van der Waals surface area contributed by atoms with Crippen molar-refractivity contribution in [2.24, 2.45) is 5.41 Å². The molecular weight excluding hydrogens is 392 g/mol. The van der Waals surface area contributed by atoms with Gasteiger partial charge in [0.15, 0.2) is 0 Å². The number of aromatic nitrogens is 1. The molecule has 0 bridgehead atoms. The SMILES string of the molecule is Cc1cc(C#N)cc(N2CCC3(CC2)Cc2ccccc2[C@H]3N[S+]([O-])C(C)(C)C)n1. The van der Waals surface area contributed by atoms with Gasteiger partial charge >= 0.3 is 0 Å². The highest BCUT2D eigenvalue weighted by molar-refractivity contribution is 7.90. The number of hydrogen-bond acceptors (Lipinski definition) is 5. The average molecular weight is 423 g/mol. The molecule has 1 N–H and O–H groups in total. The minimum atomic E-state index is -1.13. The summed E-state index contributed by atoms with van der Waals surface area (Å²) in [7, 11) is 0. The van der Waals surface area contributed by atoms with Crippen molar-refractivity contribution < 1.29 is 4.55 Å². The van der Waals surface area contributed by atoms with Crippen molar-refractivity contribution in [3.63, 3.8) is 0 Å². The Kier molecular flexibility index (Phi) is 5.56. The lowest BCUT2D eigenvalue weighted by Gasteiger charge is -2.44. The summed E-state index contributed by atoms with van der Waals surface area (Å²) in [5, 5.41) is 9.30. The number of pyridine rings is 1. The Labute approximate surface area is 182 Å². The predicted octanol–water partition coefficient (Wildman–Crippen LogP) is 4.20. The summed E-state index contributed by atoms with van der Waals surface area (Å²) in [6.45, 7) is 9.75. The lowest BCUT2D eigenvalue weighted by Crippen LogP contribution is -2.49. The van der Waals surface area contributed by atoms with Crippen LogP contribution in [0.5, 0.6) is 0 Å². The third-order valence-electron chi connectivity index (χ3n) is 6.45. The van der Waals surface area contributed by atoms with Crippen LogP contribution in [0.2, 0.25) is 0 Å². The van der Waals surface area contributed by atoms with Gasteiger partial charge < -0.3 is 9.45 Å². The fraction of sp³-hybridized carbons (Fsp3) is 0.500. The summed E-state index contributed by atoms with van der Waals surface area (Å²) in [5.74, 6) is 0.889. The van der Waals surface area contributed by atoms with E-state index in [1.807, 2.05) is 39.8 Å². The number of nitriles is 1. The lowest BCUT2D eigenvalue weighted by atomic mass is 9.73. The van der Waals surface area contributed by atoms with E-state index in [0.29, 0.717) is 5.56 Å². The second-order valence-electron chi connectivity index (χ2n) is 9.62. The van der Waals surface area contributed by atoms with E-state index in [1.165, 1.54) is 11.1 Å². The number of benzene rings is 1. The lowest BCUT2D eigenvalue weighted by molar-refractivity contribution is 0.176. The zero-order chi connectivity index (χ0) is 21.5. The van der Waals surface area contributed by atoms with Crippen molar-refractivity contribution >= 4 is 17.2 Å². The molecule has 1 aliphatic carbocycles. The summed E-state index contributed by atoms with van der Waals surface area (Å²) in [6.07, 6.45) is 3.01. The number of nitrogens with one attached hydrogen (secondary N) is 1. The highest BCUT2D eigenvalue weighted by Gasteiger charge is 2.50. The number of hydrogen-bond donors (Lipinski definition) is 1. The first-order chi connectivity index (χ1) is 14.2. The smallest absolute Gasteiger partial charge is 0.136 e. The van der Waals surface area contributed by atoms with Crippen LogP contribution in [0, 0.1) is 23.7 Å². The number of aryl methyl sites for hydroxylation is 1. The maximum absolute atomic E-state index is 13.0. The highest BCUT2D eigenvalue weighted by atomic mass is 32.2. The van der Waals surface area contributed by atoms with Crippen LogP contribution in [-0.4, -0.2) is 27.4 Å². The molecule has 5 nitrogen and oxygen atoms in total. The number of rotatable bonds is 3. The molecule has 0 amide bonds. The summed E-state index contributed by atoms with van der Waals surface area (Å²) in [6, 6.07) is 14.6. The first kappa shape index (κ1) is 21.2. The van der Waals surface area contributed by atoms with Gasteiger partial charge in [0.2, 0.25) is 0 Å². The van der Waals surface area contributed by atoms with E-state index < -0.39 is 11.4 Å². The second-order valence-corrected chi connectivity index (χ2v) is 11.6. The van der Waals surface area contributed by atoms with Gasteiger partial charge in [-0.25, -0.2) is 4.98 Å². The van der Waals surface area contributed by atoms with Crippen LogP contribution in [0.4, 0.5) is 5.82 Å². The Balaban J connectivity index is 1.58. The monoisotopic (exact) mass is 422 g/mol. The Bertz CT molecular complexity index is 970. The Hall–Kier alpha value is -2.07. The van der Waals surface area contributed by atoms with Crippen molar-refractivity contribution in [3.8, 4) is 6.07 Å². The van der Waals surface area contributed by atoms with Gasteiger partial charge in [-0.15, -0.1) is 4.72 Å². The molecule has 158 valence electrons. The molecule has 0 radical (unpaired) electrons. The van der Waals surface area contributed by atoms with Crippen molar-refractivity contribution in [1.82, 2.24) is 9.71 Å². The topological polar surface area (TPSA) is 75.0 Å². The van der Waals surface area contributed by atoms with E-state index in [0.717, 1.165) is 43.9 Å². The zero-order valence-corrected chi connectivity index (χ0v) is 19.1. The number of anilines is 1. The molecule has 1 saturated heterocycles. The van der Waals surface area contributed by atoms with E-state index in [1.54, 1.807) is 0 Å². The molecule has 1 aliphatic heterocycles. The van der Waals surface area contributed by atoms with Gasteiger partial charge in [-0.05, 0) is 70.2 Å². The van der Waals surface area contributed by atoms with E-state index in [9.17, 15) is 9.81 Å². The van der Waals surface area contributed by atoms with E-state index in [-0.39, 0.29) is 16.2 Å². The standard InChI is InChI=1S/C24H30N4OS/c1-17-13-18(16-25)14-21(26-17)28-11-9-24(10-12-28)15-19-7-5-6-8-20(19)22(24)27-30(29)23(2,3)4/h5-8,13-14,22,27H,9-12,15H2,1-4H3/t22-,30?/m1/s1. The molecule has 1 unspecified atom stereocenters. The second kappa shape index (κ2) is 7.88. The van der Waals surface area contributed by atoms with Crippen LogP contribution >= 0.6 is 0 Å². The van der Waals surface area contributed by atoms with Gasteiger partial charge in [0.1, 0.15) is 10.6 Å². The van der Waals surface area contributed by atoms with Crippen molar-refractivity contribution in [2.75, 3.05) is 18.0 Å². The van der Waals surface area contributed by atoms with Crippen LogP contribution in [-0.2, 0) is 17.8 Å². The molecule has 2 heterocycles. The molecule has 1 aromatic carbocycles. The van der Waals surface area contributed by atoms with E-state index >= 15 is 0 Å². The van der Waals surface area contributed by atoms with Crippen molar-refractivity contribution in [1.29, 1.82) is 5.26 Å². The van der Waals surface area contributed by atoms with E-state index in [4.69, 9.17) is 0 Å². The van der Waals surface area contributed by atoms with Crippen LogP contribution in [0.15, 0.2) is 36.4 Å². The molecule has 2 aromatic rings. The zero-order valence-electron chi connectivity index (χ0n) is 18.2. The number of piperidine rings is 1. The molecular formula is C24H30N4OS. The summed E-state index contributed by atoms with van der Waals surface area (Å²) < 4.78 is 16.2. The van der Waals surface area contributed by atoms with Crippen LogP contribution in [0.1, 0.15) is 62.0 Å². The third kappa shape index (κ3) is 3.94. The number of fused-ring (bicyclic) bond motifs is 1. The molecule has 1 fully saturated rings. The molecule has 2 aliphatic rings. The summed E-state index contributed by atoms with van der Waals surface area (Å²) >= 11 is -1.13. The predicted molar refractivity (Wildman–Crippen MR) is 121 cm³/mol. The first-order valence-corrected chi connectivity index (χ1v) is 11.8. The van der Waals surface area contributed by atoms with Gasteiger partial charge in [-0.2, -0.15) is 5.26 Å². The Morgan fingerprint density at radius 2 is 1.93 bits per heavy atom. The minimum absolute atomic E-state index is 0.0585. The largest absolute Gasteiger partial charge is 0.598 e. The third-order valence-corrected chi connectivity index (χ3v) is 8.02. The van der Waals surface area contributed by atoms with Crippen LogP contribution in [0.3, 0.4) is 0 Å². The maximum Gasteiger partial charge on any atom is 0.136 e. The van der Waals surface area contributed by atoms with Crippen molar-refractivity contribution in [3.05, 3.63) is 58.8 Å². The van der Waals surface area contributed by atoms with Gasteiger partial charge in [0, 0.05) is 35.6 Å². The highest BCUT2D eigenvalue weighted by Crippen LogP contribution is 2.52. The molecule has 6 heteroatoms. The molecule has 1 aromatic heterocycles. The van der Waals surface area contributed by atoms with Gasteiger partial charge in [-0.3, -0.25) is 0 Å². The van der Waals surface area contributed by atoms with Crippen LogP contribution in [0.25, 0.3) is 0 Å². The molecule has 4 rings (SSSR count). The Morgan fingerprint density at radius 3 is 2.60 bits per heavy atom. The van der Waals surface area contributed by atoms with Crippen LogP contribution < -0.4 is 9.62 Å². The summed E-state index contributed by atoms with van der Waals surface area (Å²) in [5.41, 5.74) is 4.26. The molecule has 1 spiro atoms. The Morgan fingerprint density at radius 1 is 1.23 bits per heavy atom. The molecule has 0 saturated carbocycles. The molecule has 2 atom stereocenters. The quantitative estimate of drug-likeness (QED) is 0.751. The van der Waals surface area contributed by atoms with E-state index in [2.05, 4.69) is 44.9 Å². The summed E-state index contributed by atoms with van der Waals surface area (Å²) in [4.78, 5) is 6.96. The van der Waals surface area contributed by atoms with Gasteiger partial charge in [0.05, 0.1) is 17.7 Å². The van der Waals surface area contributed by atoms with Crippen molar-refractivity contribution in [2.45, 2.75) is 57.7 Å². The maximum atomic E-state index is 13.0. The van der Waals surface area contributed by atoms with Gasteiger partial charge in [0.25, 0.3) is 0 Å². The fourth-order valence-electron chi connectivity index (χ4n) is 4.78. The minimum Gasteiger partial charge on any atom is -0.598 e.